The third-order valence-electron chi connectivity index (χ3n) is 3.57. The van der Waals surface area contributed by atoms with Gasteiger partial charge in [0.15, 0.2) is 0 Å². The minimum Gasteiger partial charge on any atom is -0.371 e. The number of amides is 1. The number of rotatable bonds is 3. The molecule has 0 aliphatic carbocycles. The van der Waals surface area contributed by atoms with E-state index >= 15 is 0 Å². The zero-order valence-corrected chi connectivity index (χ0v) is 10.5. The molecule has 0 bridgehead atoms. The molecule has 2 rings (SSSR count). The van der Waals surface area contributed by atoms with Crippen molar-refractivity contribution in [2.75, 3.05) is 20.1 Å². The van der Waals surface area contributed by atoms with E-state index in [0.29, 0.717) is 0 Å². The fourth-order valence-electron chi connectivity index (χ4n) is 2.51. The summed E-state index contributed by atoms with van der Waals surface area (Å²) in [5, 5.41) is 3.33. The smallest absolute Gasteiger partial charge is 0.239 e. The third-order valence-corrected chi connectivity index (χ3v) is 3.57. The number of nitrogens with zero attached hydrogens (tertiary/aromatic N) is 1. The minimum absolute atomic E-state index is 0.0114. The van der Waals surface area contributed by atoms with E-state index in [1.807, 2.05) is 7.05 Å². The van der Waals surface area contributed by atoms with Crippen LogP contribution in [0.25, 0.3) is 0 Å². The number of likely N-dealkylation sites (tertiary alicyclic amines) is 1. The van der Waals surface area contributed by atoms with Gasteiger partial charge in [-0.2, -0.15) is 0 Å². The monoisotopic (exact) mass is 226 g/mol. The SMILES string of the molecule is CN1CCC(NCC2CCC(C)(C)O2)C1=O. The van der Waals surface area contributed by atoms with Gasteiger partial charge in [0, 0.05) is 20.1 Å². The van der Waals surface area contributed by atoms with Gasteiger partial charge in [-0.05, 0) is 33.1 Å². The van der Waals surface area contributed by atoms with Crippen LogP contribution in [0.2, 0.25) is 0 Å². The first-order valence-electron chi connectivity index (χ1n) is 6.14. The standard InChI is InChI=1S/C12H22N2O2/c1-12(2)6-4-9(16-12)8-13-10-5-7-14(3)11(10)15/h9-10,13H,4-8H2,1-3H3. The van der Waals surface area contributed by atoms with Gasteiger partial charge < -0.3 is 15.0 Å². The number of carbonyl (C=O) groups is 1. The van der Waals surface area contributed by atoms with E-state index in [1.54, 1.807) is 4.90 Å². The predicted octanol–water partition coefficient (Wildman–Crippen LogP) is 0.764. The van der Waals surface area contributed by atoms with Crippen LogP contribution < -0.4 is 5.32 Å². The highest BCUT2D eigenvalue weighted by molar-refractivity contribution is 5.83. The van der Waals surface area contributed by atoms with Crippen molar-refractivity contribution in [1.29, 1.82) is 0 Å². The largest absolute Gasteiger partial charge is 0.371 e. The molecule has 2 aliphatic rings. The van der Waals surface area contributed by atoms with Gasteiger partial charge in [-0.3, -0.25) is 4.79 Å². The topological polar surface area (TPSA) is 41.6 Å². The average molecular weight is 226 g/mol. The maximum atomic E-state index is 11.7. The van der Waals surface area contributed by atoms with Crippen LogP contribution in [-0.2, 0) is 9.53 Å². The Morgan fingerprint density at radius 3 is 2.75 bits per heavy atom. The van der Waals surface area contributed by atoms with Gasteiger partial charge in [0.1, 0.15) is 0 Å². The molecule has 1 N–H and O–H groups in total. The van der Waals surface area contributed by atoms with Gasteiger partial charge in [-0.15, -0.1) is 0 Å². The summed E-state index contributed by atoms with van der Waals surface area (Å²) in [6, 6.07) is 0.0114. The normalized spacial score (nSPS) is 33.7. The molecule has 0 aromatic rings. The maximum absolute atomic E-state index is 11.7. The second-order valence-corrected chi connectivity index (χ2v) is 5.55. The predicted molar refractivity (Wildman–Crippen MR) is 62.2 cm³/mol. The van der Waals surface area contributed by atoms with Crippen molar-refractivity contribution in [3.05, 3.63) is 0 Å². The van der Waals surface area contributed by atoms with Gasteiger partial charge in [0.2, 0.25) is 5.91 Å². The van der Waals surface area contributed by atoms with Crippen molar-refractivity contribution in [3.8, 4) is 0 Å². The second-order valence-electron chi connectivity index (χ2n) is 5.55. The van der Waals surface area contributed by atoms with E-state index < -0.39 is 0 Å². The van der Waals surface area contributed by atoms with Crippen molar-refractivity contribution >= 4 is 5.91 Å². The van der Waals surface area contributed by atoms with Crippen LogP contribution in [0.4, 0.5) is 0 Å². The summed E-state index contributed by atoms with van der Waals surface area (Å²) in [5.41, 5.74) is 0.0167. The Labute approximate surface area is 97.3 Å². The Balaban J connectivity index is 1.75. The molecule has 2 saturated heterocycles. The summed E-state index contributed by atoms with van der Waals surface area (Å²) < 4.78 is 5.88. The molecule has 4 nitrogen and oxygen atoms in total. The lowest BCUT2D eigenvalue weighted by atomic mass is 10.1. The third kappa shape index (κ3) is 2.55. The van der Waals surface area contributed by atoms with Crippen molar-refractivity contribution < 1.29 is 9.53 Å². The zero-order chi connectivity index (χ0) is 11.8. The summed E-state index contributed by atoms with van der Waals surface area (Å²) in [7, 11) is 1.86. The van der Waals surface area contributed by atoms with Crippen molar-refractivity contribution in [2.45, 2.75) is 50.9 Å². The summed E-state index contributed by atoms with van der Waals surface area (Å²) >= 11 is 0. The summed E-state index contributed by atoms with van der Waals surface area (Å²) in [5.74, 6) is 0.220. The number of hydrogen-bond donors (Lipinski definition) is 1. The molecule has 0 radical (unpaired) electrons. The molecule has 2 heterocycles. The molecule has 0 spiro atoms. The lowest BCUT2D eigenvalue weighted by molar-refractivity contribution is -0.128. The van der Waals surface area contributed by atoms with E-state index in [1.165, 1.54) is 0 Å². The molecule has 2 fully saturated rings. The molecule has 2 unspecified atom stereocenters. The van der Waals surface area contributed by atoms with Gasteiger partial charge in [0.05, 0.1) is 17.7 Å². The van der Waals surface area contributed by atoms with Gasteiger partial charge >= 0.3 is 0 Å². The summed E-state index contributed by atoms with van der Waals surface area (Å²) in [4.78, 5) is 13.4. The van der Waals surface area contributed by atoms with Crippen LogP contribution in [0.5, 0.6) is 0 Å². The second kappa shape index (κ2) is 4.34. The molecule has 4 heteroatoms. The highest BCUT2D eigenvalue weighted by Gasteiger charge is 2.33. The Hall–Kier alpha value is -0.610. The number of nitrogens with one attached hydrogen (secondary N) is 1. The van der Waals surface area contributed by atoms with E-state index in [9.17, 15) is 4.79 Å². The highest BCUT2D eigenvalue weighted by Crippen LogP contribution is 2.29. The quantitative estimate of drug-likeness (QED) is 0.772. The molecule has 0 aromatic carbocycles. The minimum atomic E-state index is 0.0114. The van der Waals surface area contributed by atoms with Crippen LogP contribution in [0.3, 0.4) is 0 Å². The van der Waals surface area contributed by atoms with Crippen LogP contribution in [0.1, 0.15) is 33.1 Å². The first-order chi connectivity index (χ1) is 7.48. The van der Waals surface area contributed by atoms with E-state index in [2.05, 4.69) is 19.2 Å². The molecule has 0 saturated carbocycles. The van der Waals surface area contributed by atoms with Crippen molar-refractivity contribution in [3.63, 3.8) is 0 Å². The molecule has 2 atom stereocenters. The van der Waals surface area contributed by atoms with Crippen LogP contribution in [-0.4, -0.2) is 48.7 Å². The van der Waals surface area contributed by atoms with E-state index in [0.717, 1.165) is 32.4 Å². The molecule has 16 heavy (non-hydrogen) atoms. The zero-order valence-electron chi connectivity index (χ0n) is 10.5. The average Bonchev–Trinajstić information content (AvgIpc) is 2.70. The Morgan fingerprint density at radius 1 is 1.50 bits per heavy atom. The fraction of sp³-hybridized carbons (Fsp3) is 0.917. The highest BCUT2D eigenvalue weighted by atomic mass is 16.5. The Morgan fingerprint density at radius 2 is 2.25 bits per heavy atom. The molecular formula is C12H22N2O2. The summed E-state index contributed by atoms with van der Waals surface area (Å²) in [6.45, 7) is 5.92. The van der Waals surface area contributed by atoms with Crippen LogP contribution in [0, 0.1) is 0 Å². The fourth-order valence-corrected chi connectivity index (χ4v) is 2.51. The van der Waals surface area contributed by atoms with Crippen molar-refractivity contribution in [2.24, 2.45) is 0 Å². The first-order valence-corrected chi connectivity index (χ1v) is 6.14. The first kappa shape index (κ1) is 11.9. The van der Waals surface area contributed by atoms with E-state index in [-0.39, 0.29) is 23.7 Å². The molecule has 1 amide bonds. The number of likely N-dealkylation sites (N-methyl/N-ethyl adjacent to an activating group) is 1. The Kier molecular flexibility index (Phi) is 3.22. The summed E-state index contributed by atoms with van der Waals surface area (Å²) in [6.07, 6.45) is 3.40. The van der Waals surface area contributed by atoms with E-state index in [4.69, 9.17) is 4.74 Å². The number of hydrogen-bond acceptors (Lipinski definition) is 3. The molecular weight excluding hydrogens is 204 g/mol. The molecule has 92 valence electrons. The van der Waals surface area contributed by atoms with Crippen LogP contribution >= 0.6 is 0 Å². The Bertz CT molecular complexity index is 278. The lowest BCUT2D eigenvalue weighted by Crippen LogP contribution is -2.41. The molecule has 2 aliphatic heterocycles. The van der Waals surface area contributed by atoms with Gasteiger partial charge in [-0.25, -0.2) is 0 Å². The van der Waals surface area contributed by atoms with Gasteiger partial charge in [-0.1, -0.05) is 0 Å². The van der Waals surface area contributed by atoms with Crippen LogP contribution in [0.15, 0.2) is 0 Å². The maximum Gasteiger partial charge on any atom is 0.239 e. The van der Waals surface area contributed by atoms with Gasteiger partial charge in [0.25, 0.3) is 0 Å². The lowest BCUT2D eigenvalue weighted by Gasteiger charge is -2.20. The number of ether oxygens (including phenoxy) is 1. The molecule has 0 aromatic heterocycles. The van der Waals surface area contributed by atoms with Crippen molar-refractivity contribution in [1.82, 2.24) is 10.2 Å². The number of carbonyl (C=O) groups excluding carboxylic acids is 1.